The number of aromatic nitrogens is 3. The minimum atomic E-state index is -5.08. The molecule has 1 fully saturated rings. The van der Waals surface area contributed by atoms with Gasteiger partial charge in [0.1, 0.15) is 24.5 Å². The minimum absolute atomic E-state index is 0.342. The van der Waals surface area contributed by atoms with Gasteiger partial charge in [-0.05, 0) is 37.5 Å². The first-order valence-corrected chi connectivity index (χ1v) is 8.82. The number of likely N-dealkylation sites (tertiary alicyclic amines) is 1. The maximum atomic E-state index is 10.6. The molecule has 2 aromatic rings. The van der Waals surface area contributed by atoms with E-state index in [1.165, 1.54) is 5.56 Å². The fraction of sp³-hybridized carbons (Fsp3) is 0.500. The second-order valence-electron chi connectivity index (χ2n) is 6.44. The summed E-state index contributed by atoms with van der Waals surface area (Å²) in [7, 11) is 0. The third-order valence-electron chi connectivity index (χ3n) is 4.18. The van der Waals surface area contributed by atoms with Crippen molar-refractivity contribution < 1.29 is 27.8 Å². The van der Waals surface area contributed by atoms with Crippen molar-refractivity contribution >= 4 is 5.97 Å². The molecule has 0 radical (unpaired) electrons. The van der Waals surface area contributed by atoms with E-state index in [9.17, 15) is 13.2 Å². The first kappa shape index (κ1) is 21.7. The number of alkyl halides is 3. The lowest BCUT2D eigenvalue weighted by Gasteiger charge is -2.32. The van der Waals surface area contributed by atoms with E-state index in [0.29, 0.717) is 6.10 Å². The van der Waals surface area contributed by atoms with Gasteiger partial charge >= 0.3 is 12.1 Å². The zero-order chi connectivity index (χ0) is 20.6. The van der Waals surface area contributed by atoms with Crippen molar-refractivity contribution in [1.82, 2.24) is 19.7 Å². The van der Waals surface area contributed by atoms with Crippen LogP contribution in [0.15, 0.2) is 36.9 Å². The Morgan fingerprint density at radius 1 is 1.29 bits per heavy atom. The Bertz CT molecular complexity index is 730. The first-order valence-electron chi connectivity index (χ1n) is 8.82. The van der Waals surface area contributed by atoms with E-state index < -0.39 is 12.1 Å². The van der Waals surface area contributed by atoms with Crippen LogP contribution in [0.5, 0.6) is 5.75 Å². The van der Waals surface area contributed by atoms with Crippen LogP contribution in [0.2, 0.25) is 0 Å². The summed E-state index contributed by atoms with van der Waals surface area (Å²) >= 11 is 0. The Hall–Kier alpha value is -2.62. The van der Waals surface area contributed by atoms with E-state index in [4.69, 9.17) is 14.6 Å². The molecule has 1 saturated heterocycles. The van der Waals surface area contributed by atoms with Crippen LogP contribution in [0.25, 0.3) is 0 Å². The number of nitrogens with zero attached hydrogens (tertiary/aromatic N) is 4. The van der Waals surface area contributed by atoms with Crippen molar-refractivity contribution in [2.24, 2.45) is 0 Å². The molecule has 0 bridgehead atoms. The first-order chi connectivity index (χ1) is 13.2. The van der Waals surface area contributed by atoms with Gasteiger partial charge in [-0.1, -0.05) is 12.1 Å². The molecule has 1 aromatic carbocycles. The standard InChI is InChI=1S/C16H22N4O.C2HF3O2/c1-14-3-2-4-16(11-14)21-15-5-7-19(8-6-15)9-10-20-13-17-12-18-20;3-2(4,5)1(6)7/h2-4,11-13,15H,5-10H2,1H3;(H,6,7). The molecule has 0 spiro atoms. The lowest BCUT2D eigenvalue weighted by Crippen LogP contribution is -2.39. The number of hydrogen-bond acceptors (Lipinski definition) is 5. The summed E-state index contributed by atoms with van der Waals surface area (Å²) in [6.45, 7) is 6.21. The molecular formula is C18H23F3N4O3. The van der Waals surface area contributed by atoms with E-state index in [0.717, 1.165) is 44.8 Å². The van der Waals surface area contributed by atoms with Crippen molar-refractivity contribution in [2.75, 3.05) is 19.6 Å². The third kappa shape index (κ3) is 7.55. The van der Waals surface area contributed by atoms with Gasteiger partial charge < -0.3 is 14.7 Å². The molecule has 0 unspecified atom stereocenters. The van der Waals surface area contributed by atoms with Gasteiger partial charge in [0, 0.05) is 19.6 Å². The fourth-order valence-corrected chi connectivity index (χ4v) is 2.72. The molecule has 1 aliphatic rings. The molecular weight excluding hydrogens is 377 g/mol. The number of aryl methyl sites for hydroxylation is 1. The minimum Gasteiger partial charge on any atom is -0.490 e. The average Bonchev–Trinajstić information content (AvgIpc) is 3.14. The number of piperidine rings is 1. The van der Waals surface area contributed by atoms with Gasteiger partial charge in [0.2, 0.25) is 0 Å². The smallest absolute Gasteiger partial charge is 0.490 e. The predicted molar refractivity (Wildman–Crippen MR) is 95.0 cm³/mol. The molecule has 0 amide bonds. The Labute approximate surface area is 160 Å². The summed E-state index contributed by atoms with van der Waals surface area (Å²) in [5, 5.41) is 11.3. The third-order valence-corrected chi connectivity index (χ3v) is 4.18. The quantitative estimate of drug-likeness (QED) is 0.831. The molecule has 0 saturated carbocycles. The topological polar surface area (TPSA) is 80.5 Å². The van der Waals surface area contributed by atoms with Crippen LogP contribution in [0.3, 0.4) is 0 Å². The van der Waals surface area contributed by atoms with E-state index in [-0.39, 0.29) is 0 Å². The van der Waals surface area contributed by atoms with Gasteiger partial charge in [-0.25, -0.2) is 9.78 Å². The van der Waals surface area contributed by atoms with E-state index in [2.05, 4.69) is 40.1 Å². The number of carbonyl (C=O) groups is 1. The van der Waals surface area contributed by atoms with Crippen molar-refractivity contribution in [3.63, 3.8) is 0 Å². The second-order valence-corrected chi connectivity index (χ2v) is 6.44. The lowest BCUT2D eigenvalue weighted by atomic mass is 10.1. The van der Waals surface area contributed by atoms with Crippen molar-refractivity contribution in [3.8, 4) is 5.75 Å². The summed E-state index contributed by atoms with van der Waals surface area (Å²) in [5.74, 6) is -1.76. The maximum absolute atomic E-state index is 10.6. The number of carboxylic acid groups (broad SMARTS) is 1. The average molecular weight is 400 g/mol. The normalized spacial score (nSPS) is 15.6. The summed E-state index contributed by atoms with van der Waals surface area (Å²) in [4.78, 5) is 15.3. The van der Waals surface area contributed by atoms with E-state index in [1.807, 2.05) is 10.7 Å². The van der Waals surface area contributed by atoms with Gasteiger partial charge in [0.05, 0.1) is 6.54 Å². The zero-order valence-electron chi connectivity index (χ0n) is 15.5. The molecule has 0 aliphatic carbocycles. The van der Waals surface area contributed by atoms with Gasteiger partial charge in [0.25, 0.3) is 0 Å². The molecule has 7 nitrogen and oxygen atoms in total. The van der Waals surface area contributed by atoms with Crippen LogP contribution in [0, 0.1) is 6.92 Å². The van der Waals surface area contributed by atoms with Crippen molar-refractivity contribution in [3.05, 3.63) is 42.5 Å². The zero-order valence-corrected chi connectivity index (χ0v) is 15.5. The fourth-order valence-electron chi connectivity index (χ4n) is 2.72. The van der Waals surface area contributed by atoms with Crippen molar-refractivity contribution in [2.45, 2.75) is 38.6 Å². The predicted octanol–water partition coefficient (Wildman–Crippen LogP) is 2.76. The second kappa shape index (κ2) is 10.1. The number of benzene rings is 1. The van der Waals surface area contributed by atoms with Crippen LogP contribution in [-0.2, 0) is 11.3 Å². The molecule has 1 aromatic heterocycles. The number of ether oxygens (including phenoxy) is 1. The molecule has 2 heterocycles. The molecule has 1 N–H and O–H groups in total. The van der Waals surface area contributed by atoms with Crippen molar-refractivity contribution in [1.29, 1.82) is 0 Å². The highest BCUT2D eigenvalue weighted by atomic mass is 19.4. The molecule has 1 aliphatic heterocycles. The number of carboxylic acids is 1. The molecule has 154 valence electrons. The molecule has 28 heavy (non-hydrogen) atoms. The lowest BCUT2D eigenvalue weighted by molar-refractivity contribution is -0.192. The van der Waals surface area contributed by atoms with Gasteiger partial charge in [0.15, 0.2) is 0 Å². The van der Waals surface area contributed by atoms with Crippen LogP contribution in [0.1, 0.15) is 18.4 Å². The van der Waals surface area contributed by atoms with Crippen LogP contribution >= 0.6 is 0 Å². The maximum Gasteiger partial charge on any atom is 0.490 e. The Balaban J connectivity index is 0.000000345. The Morgan fingerprint density at radius 3 is 2.50 bits per heavy atom. The summed E-state index contributed by atoms with van der Waals surface area (Å²) in [6.07, 6.45) is 0.793. The summed E-state index contributed by atoms with van der Waals surface area (Å²) in [6, 6.07) is 8.30. The van der Waals surface area contributed by atoms with Crippen LogP contribution < -0.4 is 4.74 Å². The molecule has 3 rings (SSSR count). The van der Waals surface area contributed by atoms with E-state index in [1.54, 1.807) is 12.7 Å². The highest BCUT2D eigenvalue weighted by molar-refractivity contribution is 5.73. The molecule has 10 heteroatoms. The highest BCUT2D eigenvalue weighted by Crippen LogP contribution is 2.20. The number of hydrogen-bond donors (Lipinski definition) is 1. The number of rotatable bonds is 5. The van der Waals surface area contributed by atoms with E-state index >= 15 is 0 Å². The van der Waals surface area contributed by atoms with Crippen LogP contribution in [-0.4, -0.2) is 62.7 Å². The van der Waals surface area contributed by atoms with Crippen LogP contribution in [0.4, 0.5) is 13.2 Å². The Kier molecular flexibility index (Phi) is 7.80. The Morgan fingerprint density at radius 2 is 1.96 bits per heavy atom. The SMILES string of the molecule is Cc1cccc(OC2CCN(CCn3cncn3)CC2)c1.O=C(O)C(F)(F)F. The highest BCUT2D eigenvalue weighted by Gasteiger charge is 2.38. The van der Waals surface area contributed by atoms with Gasteiger partial charge in [-0.15, -0.1) is 0 Å². The molecule has 0 atom stereocenters. The largest absolute Gasteiger partial charge is 0.490 e. The van der Waals surface area contributed by atoms with Gasteiger partial charge in [-0.2, -0.15) is 18.3 Å². The number of halogens is 3. The summed E-state index contributed by atoms with van der Waals surface area (Å²) in [5.41, 5.74) is 1.25. The monoisotopic (exact) mass is 400 g/mol. The summed E-state index contributed by atoms with van der Waals surface area (Å²) < 4.78 is 39.7. The van der Waals surface area contributed by atoms with Gasteiger partial charge in [-0.3, -0.25) is 4.68 Å². The number of aliphatic carboxylic acids is 1.